The molecule has 0 radical (unpaired) electrons. The molecule has 1 unspecified atom stereocenters. The van der Waals surface area contributed by atoms with E-state index in [0.717, 1.165) is 11.6 Å². The van der Waals surface area contributed by atoms with Gasteiger partial charge < -0.3 is 5.32 Å². The lowest BCUT2D eigenvalue weighted by atomic mass is 10.0. The van der Waals surface area contributed by atoms with Crippen molar-refractivity contribution in [2.24, 2.45) is 0 Å². The first-order valence-corrected chi connectivity index (χ1v) is 5.59. The molecule has 0 amide bonds. The fourth-order valence-electron chi connectivity index (χ4n) is 1.82. The zero-order valence-electron chi connectivity index (χ0n) is 9.90. The van der Waals surface area contributed by atoms with Crippen LogP contribution in [0.15, 0.2) is 36.7 Å². The van der Waals surface area contributed by atoms with Crippen molar-refractivity contribution in [2.45, 2.75) is 12.5 Å². The molecule has 0 saturated carbocycles. The number of rotatable bonds is 4. The molecule has 5 heteroatoms. The molecule has 1 N–H and O–H groups in total. The van der Waals surface area contributed by atoms with Gasteiger partial charge in [-0.25, -0.2) is 8.78 Å². The van der Waals surface area contributed by atoms with Gasteiger partial charge in [-0.1, -0.05) is 12.1 Å². The van der Waals surface area contributed by atoms with E-state index in [9.17, 15) is 8.78 Å². The minimum absolute atomic E-state index is 0.128. The smallest absolute Gasteiger partial charge is 0.162 e. The number of likely N-dealkylation sites (N-methyl/N-ethyl adjacent to an activating group) is 1. The molecule has 1 atom stereocenters. The van der Waals surface area contributed by atoms with Crippen molar-refractivity contribution < 1.29 is 8.78 Å². The summed E-state index contributed by atoms with van der Waals surface area (Å²) in [6.45, 7) is 0. The molecular formula is C13H13F2N3. The highest BCUT2D eigenvalue weighted by Gasteiger charge is 2.14. The van der Waals surface area contributed by atoms with Gasteiger partial charge in [-0.05, 0) is 36.7 Å². The highest BCUT2D eigenvalue weighted by Crippen LogP contribution is 2.20. The molecule has 94 valence electrons. The van der Waals surface area contributed by atoms with Crippen LogP contribution in [0.2, 0.25) is 0 Å². The maximum Gasteiger partial charge on any atom is 0.162 e. The quantitative estimate of drug-likeness (QED) is 0.903. The van der Waals surface area contributed by atoms with E-state index in [0.29, 0.717) is 12.0 Å². The highest BCUT2D eigenvalue weighted by atomic mass is 19.2. The monoisotopic (exact) mass is 249 g/mol. The van der Waals surface area contributed by atoms with Crippen molar-refractivity contribution in [2.75, 3.05) is 7.05 Å². The molecule has 2 aromatic rings. The van der Waals surface area contributed by atoms with Gasteiger partial charge in [0.05, 0.1) is 6.20 Å². The molecule has 1 heterocycles. The average Bonchev–Trinajstić information content (AvgIpc) is 2.41. The Labute approximate surface area is 104 Å². The van der Waals surface area contributed by atoms with Gasteiger partial charge in [0.15, 0.2) is 11.6 Å². The molecule has 0 saturated heterocycles. The van der Waals surface area contributed by atoms with Crippen molar-refractivity contribution in [3.8, 4) is 0 Å². The Balaban J connectivity index is 2.24. The summed E-state index contributed by atoms with van der Waals surface area (Å²) < 4.78 is 26.7. The topological polar surface area (TPSA) is 37.8 Å². The SMILES string of the molecule is CNC(Cc1cccc(F)c1F)c1ccnnc1. The van der Waals surface area contributed by atoms with E-state index in [2.05, 4.69) is 15.5 Å². The third kappa shape index (κ3) is 2.68. The van der Waals surface area contributed by atoms with Crippen molar-refractivity contribution in [1.82, 2.24) is 15.5 Å². The van der Waals surface area contributed by atoms with Gasteiger partial charge in [0.25, 0.3) is 0 Å². The van der Waals surface area contributed by atoms with Gasteiger partial charge in [0.1, 0.15) is 0 Å². The van der Waals surface area contributed by atoms with Gasteiger partial charge in [-0.15, -0.1) is 0 Å². The van der Waals surface area contributed by atoms with Crippen LogP contribution in [-0.4, -0.2) is 17.2 Å². The lowest BCUT2D eigenvalue weighted by Crippen LogP contribution is -2.19. The molecule has 0 aliphatic heterocycles. The van der Waals surface area contributed by atoms with E-state index in [1.807, 2.05) is 0 Å². The molecule has 1 aromatic carbocycles. The summed E-state index contributed by atoms with van der Waals surface area (Å²) in [5.41, 5.74) is 1.22. The summed E-state index contributed by atoms with van der Waals surface area (Å²) in [7, 11) is 1.77. The number of halogens is 2. The van der Waals surface area contributed by atoms with Gasteiger partial charge in [0, 0.05) is 12.2 Å². The van der Waals surface area contributed by atoms with E-state index in [1.54, 1.807) is 31.6 Å². The Kier molecular flexibility index (Phi) is 3.94. The molecule has 2 rings (SSSR count). The summed E-state index contributed by atoms with van der Waals surface area (Å²) in [5.74, 6) is -1.62. The number of nitrogens with zero attached hydrogens (tertiary/aromatic N) is 2. The summed E-state index contributed by atoms with van der Waals surface area (Å²) >= 11 is 0. The largest absolute Gasteiger partial charge is 0.313 e. The van der Waals surface area contributed by atoms with Gasteiger partial charge in [-0.2, -0.15) is 10.2 Å². The first kappa shape index (κ1) is 12.6. The second-order valence-electron chi connectivity index (χ2n) is 3.93. The van der Waals surface area contributed by atoms with Gasteiger partial charge in [-0.3, -0.25) is 0 Å². The highest BCUT2D eigenvalue weighted by molar-refractivity contribution is 5.23. The molecular weight excluding hydrogens is 236 g/mol. The lowest BCUT2D eigenvalue weighted by Gasteiger charge is -2.16. The second-order valence-corrected chi connectivity index (χ2v) is 3.93. The Bertz CT molecular complexity index is 517. The van der Waals surface area contributed by atoms with Crippen LogP contribution in [0.25, 0.3) is 0 Å². The standard InChI is InChI=1S/C13H13F2N3/c1-16-12(10-5-6-17-18-8-10)7-9-3-2-4-11(14)13(9)15/h2-6,8,12,16H,7H2,1H3. The molecule has 0 spiro atoms. The number of hydrogen-bond acceptors (Lipinski definition) is 3. The fourth-order valence-corrected chi connectivity index (χ4v) is 1.82. The van der Waals surface area contributed by atoms with Gasteiger partial charge >= 0.3 is 0 Å². The van der Waals surface area contributed by atoms with E-state index in [4.69, 9.17) is 0 Å². The van der Waals surface area contributed by atoms with Crippen molar-refractivity contribution in [3.05, 3.63) is 59.4 Å². The Morgan fingerprint density at radius 3 is 2.72 bits per heavy atom. The van der Waals surface area contributed by atoms with Crippen LogP contribution in [0.3, 0.4) is 0 Å². The summed E-state index contributed by atoms with van der Waals surface area (Å²) in [6, 6.07) is 5.87. The lowest BCUT2D eigenvalue weighted by molar-refractivity contribution is 0.486. The van der Waals surface area contributed by atoms with E-state index in [1.165, 1.54) is 6.07 Å². The summed E-state index contributed by atoms with van der Waals surface area (Å²) in [6.07, 6.45) is 3.53. The van der Waals surface area contributed by atoms with Crippen molar-refractivity contribution in [1.29, 1.82) is 0 Å². The third-order valence-electron chi connectivity index (χ3n) is 2.81. The molecule has 0 aliphatic carbocycles. The molecule has 0 fully saturated rings. The van der Waals surface area contributed by atoms with Crippen LogP contribution in [0.4, 0.5) is 8.78 Å². The van der Waals surface area contributed by atoms with Crippen LogP contribution in [-0.2, 0) is 6.42 Å². The average molecular weight is 249 g/mol. The third-order valence-corrected chi connectivity index (χ3v) is 2.81. The second kappa shape index (κ2) is 5.64. The predicted octanol–water partition coefficient (Wildman–Crippen LogP) is 2.26. The molecule has 3 nitrogen and oxygen atoms in total. The number of aromatic nitrogens is 2. The van der Waals surface area contributed by atoms with Crippen molar-refractivity contribution in [3.63, 3.8) is 0 Å². The van der Waals surface area contributed by atoms with E-state index >= 15 is 0 Å². The molecule has 1 aromatic heterocycles. The zero-order chi connectivity index (χ0) is 13.0. The van der Waals surface area contributed by atoms with E-state index < -0.39 is 11.6 Å². The first-order chi connectivity index (χ1) is 8.72. The van der Waals surface area contributed by atoms with Crippen LogP contribution in [0.5, 0.6) is 0 Å². The van der Waals surface area contributed by atoms with Crippen molar-refractivity contribution >= 4 is 0 Å². The van der Waals surface area contributed by atoms with Crippen LogP contribution < -0.4 is 5.32 Å². The maximum absolute atomic E-state index is 13.6. The number of nitrogens with one attached hydrogen (secondary N) is 1. The summed E-state index contributed by atoms with van der Waals surface area (Å²) in [5, 5.41) is 10.5. The predicted molar refractivity (Wildman–Crippen MR) is 63.9 cm³/mol. The minimum Gasteiger partial charge on any atom is -0.313 e. The maximum atomic E-state index is 13.6. The summed E-state index contributed by atoms with van der Waals surface area (Å²) in [4.78, 5) is 0. The zero-order valence-corrected chi connectivity index (χ0v) is 9.90. The Morgan fingerprint density at radius 1 is 1.22 bits per heavy atom. The number of benzene rings is 1. The van der Waals surface area contributed by atoms with Gasteiger partial charge in [0.2, 0.25) is 0 Å². The van der Waals surface area contributed by atoms with E-state index in [-0.39, 0.29) is 6.04 Å². The molecule has 18 heavy (non-hydrogen) atoms. The number of hydrogen-bond donors (Lipinski definition) is 1. The van der Waals surface area contributed by atoms with Crippen LogP contribution in [0.1, 0.15) is 17.2 Å². The Hall–Kier alpha value is -1.88. The normalized spacial score (nSPS) is 12.4. The molecule has 0 bridgehead atoms. The first-order valence-electron chi connectivity index (χ1n) is 5.59. The molecule has 0 aliphatic rings. The fraction of sp³-hybridized carbons (Fsp3) is 0.231. The minimum atomic E-state index is -0.824. The van der Waals surface area contributed by atoms with Crippen LogP contribution in [0, 0.1) is 11.6 Å². The van der Waals surface area contributed by atoms with Crippen LogP contribution >= 0.6 is 0 Å². The Morgan fingerprint density at radius 2 is 2.06 bits per heavy atom.